The Morgan fingerprint density at radius 1 is 1.33 bits per heavy atom. The topological polar surface area (TPSA) is 55.3 Å². The van der Waals surface area contributed by atoms with Gasteiger partial charge in [0.15, 0.2) is 5.11 Å². The monoisotopic (exact) mass is 278 g/mol. The predicted molar refractivity (Wildman–Crippen MR) is 78.3 cm³/mol. The van der Waals surface area contributed by atoms with E-state index in [1.165, 1.54) is 0 Å². The van der Waals surface area contributed by atoms with E-state index in [1.54, 1.807) is 6.21 Å². The molecule has 4 nitrogen and oxygen atoms in total. The zero-order chi connectivity index (χ0) is 13.0. The maximum atomic E-state index is 5.86. The highest BCUT2D eigenvalue weighted by Crippen LogP contribution is 2.15. The Morgan fingerprint density at radius 2 is 2.06 bits per heavy atom. The van der Waals surface area contributed by atoms with Gasteiger partial charge in [0.05, 0.1) is 11.9 Å². The van der Waals surface area contributed by atoms with E-state index in [2.05, 4.69) is 22.7 Å². The Balaban J connectivity index is 2.24. The highest BCUT2D eigenvalue weighted by Gasteiger charge is 2.00. The standard InChI is InChI=1S/C12H11ClN4S/c13-9-3-5-10(6-4-9)17-7-1-2-11(17)8-15-16-12(14)18/h1-8H,(H3,14,16,18)/b15-8+. The van der Waals surface area contributed by atoms with Crippen LogP contribution in [0.1, 0.15) is 5.69 Å². The molecule has 92 valence electrons. The number of aromatic nitrogens is 1. The van der Waals surface area contributed by atoms with E-state index in [0.29, 0.717) is 5.02 Å². The molecular weight excluding hydrogens is 268 g/mol. The molecule has 2 aromatic rings. The second-order valence-corrected chi connectivity index (χ2v) is 4.39. The van der Waals surface area contributed by atoms with Crippen molar-refractivity contribution in [2.45, 2.75) is 0 Å². The van der Waals surface area contributed by atoms with E-state index in [-0.39, 0.29) is 5.11 Å². The molecule has 1 heterocycles. The molecule has 1 aromatic heterocycles. The Labute approximate surface area is 115 Å². The molecule has 0 fully saturated rings. The lowest BCUT2D eigenvalue weighted by Gasteiger charge is -2.06. The first-order valence-electron chi connectivity index (χ1n) is 5.18. The normalized spacial score (nSPS) is 10.7. The molecule has 0 aliphatic heterocycles. The van der Waals surface area contributed by atoms with Crippen molar-refractivity contribution in [2.75, 3.05) is 0 Å². The molecule has 3 N–H and O–H groups in total. The molecule has 6 heteroatoms. The van der Waals surface area contributed by atoms with E-state index >= 15 is 0 Å². The summed E-state index contributed by atoms with van der Waals surface area (Å²) in [7, 11) is 0. The molecule has 0 saturated heterocycles. The number of thiocarbonyl (C=S) groups is 1. The fourth-order valence-electron chi connectivity index (χ4n) is 1.50. The second kappa shape index (κ2) is 5.66. The number of hydrogen-bond acceptors (Lipinski definition) is 2. The molecule has 0 bridgehead atoms. The van der Waals surface area contributed by atoms with Gasteiger partial charge in [-0.25, -0.2) is 0 Å². The van der Waals surface area contributed by atoms with E-state index < -0.39 is 0 Å². The van der Waals surface area contributed by atoms with E-state index in [9.17, 15) is 0 Å². The summed E-state index contributed by atoms with van der Waals surface area (Å²) in [6, 6.07) is 11.4. The summed E-state index contributed by atoms with van der Waals surface area (Å²) in [5.74, 6) is 0. The molecule has 1 aromatic carbocycles. The minimum atomic E-state index is 0.135. The summed E-state index contributed by atoms with van der Waals surface area (Å²) in [5.41, 5.74) is 9.70. The van der Waals surface area contributed by atoms with Gasteiger partial charge in [-0.15, -0.1) is 0 Å². The summed E-state index contributed by atoms with van der Waals surface area (Å²) in [6.45, 7) is 0. The third kappa shape index (κ3) is 3.09. The van der Waals surface area contributed by atoms with Gasteiger partial charge in [-0.2, -0.15) is 5.10 Å². The van der Waals surface area contributed by atoms with Crippen molar-refractivity contribution in [1.29, 1.82) is 0 Å². The van der Waals surface area contributed by atoms with Crippen LogP contribution in [0.2, 0.25) is 5.02 Å². The van der Waals surface area contributed by atoms with Gasteiger partial charge in [0.2, 0.25) is 0 Å². The molecule has 18 heavy (non-hydrogen) atoms. The number of nitrogens with zero attached hydrogens (tertiary/aromatic N) is 2. The van der Waals surface area contributed by atoms with Crippen LogP contribution in [0.25, 0.3) is 5.69 Å². The number of halogens is 1. The third-order valence-corrected chi connectivity index (χ3v) is 2.60. The molecule has 0 aliphatic rings. The number of nitrogens with one attached hydrogen (secondary N) is 1. The van der Waals surface area contributed by atoms with Crippen molar-refractivity contribution in [1.82, 2.24) is 9.99 Å². The van der Waals surface area contributed by atoms with E-state index in [1.807, 2.05) is 47.2 Å². The van der Waals surface area contributed by atoms with Crippen molar-refractivity contribution in [3.63, 3.8) is 0 Å². The lowest BCUT2D eigenvalue weighted by Crippen LogP contribution is -2.24. The molecule has 0 radical (unpaired) electrons. The minimum absolute atomic E-state index is 0.135. The zero-order valence-corrected chi connectivity index (χ0v) is 10.9. The van der Waals surface area contributed by atoms with Crippen LogP contribution in [-0.4, -0.2) is 15.9 Å². The average molecular weight is 279 g/mol. The van der Waals surface area contributed by atoms with E-state index in [0.717, 1.165) is 11.4 Å². The number of benzene rings is 1. The van der Waals surface area contributed by atoms with E-state index in [4.69, 9.17) is 17.3 Å². The fourth-order valence-corrected chi connectivity index (χ4v) is 1.68. The Kier molecular flexibility index (Phi) is 3.96. The van der Waals surface area contributed by atoms with Gasteiger partial charge in [0.25, 0.3) is 0 Å². The maximum Gasteiger partial charge on any atom is 0.184 e. The molecule has 0 atom stereocenters. The zero-order valence-electron chi connectivity index (χ0n) is 9.38. The van der Waals surface area contributed by atoms with Crippen LogP contribution in [0.4, 0.5) is 0 Å². The Hall–Kier alpha value is -1.85. The van der Waals surface area contributed by atoms with Crippen LogP contribution in [0, 0.1) is 0 Å². The largest absolute Gasteiger partial charge is 0.375 e. The SMILES string of the molecule is NC(=S)N/N=C/c1cccn1-c1ccc(Cl)cc1. The second-order valence-electron chi connectivity index (χ2n) is 3.51. The van der Waals surface area contributed by atoms with Crippen molar-refractivity contribution < 1.29 is 0 Å². The average Bonchev–Trinajstić information content (AvgIpc) is 2.78. The van der Waals surface area contributed by atoms with Crippen molar-refractivity contribution >= 4 is 35.1 Å². The van der Waals surface area contributed by atoms with Crippen LogP contribution in [0.5, 0.6) is 0 Å². The molecule has 0 spiro atoms. The van der Waals surface area contributed by atoms with Gasteiger partial charge < -0.3 is 10.3 Å². The quantitative estimate of drug-likeness (QED) is 0.515. The van der Waals surface area contributed by atoms with Gasteiger partial charge in [-0.05, 0) is 48.6 Å². The number of rotatable bonds is 3. The summed E-state index contributed by atoms with van der Waals surface area (Å²) < 4.78 is 1.97. The van der Waals surface area contributed by atoms with Gasteiger partial charge in [-0.1, -0.05) is 11.6 Å². The Morgan fingerprint density at radius 3 is 2.72 bits per heavy atom. The first kappa shape index (κ1) is 12.6. The number of nitrogens with two attached hydrogens (primary N) is 1. The van der Waals surface area contributed by atoms with Crippen molar-refractivity contribution in [3.8, 4) is 5.69 Å². The van der Waals surface area contributed by atoms with Gasteiger partial charge in [-0.3, -0.25) is 5.43 Å². The van der Waals surface area contributed by atoms with Crippen LogP contribution in [-0.2, 0) is 0 Å². The minimum Gasteiger partial charge on any atom is -0.375 e. The van der Waals surface area contributed by atoms with Gasteiger partial charge >= 0.3 is 0 Å². The van der Waals surface area contributed by atoms with Crippen molar-refractivity contribution in [3.05, 3.63) is 53.3 Å². The fraction of sp³-hybridized carbons (Fsp3) is 0. The summed E-state index contributed by atoms with van der Waals surface area (Å²) >= 11 is 10.5. The number of hydrazone groups is 1. The molecule has 0 saturated carbocycles. The Bertz CT molecular complexity index is 574. The van der Waals surface area contributed by atoms with Gasteiger partial charge in [0.1, 0.15) is 0 Å². The molecule has 0 unspecified atom stereocenters. The third-order valence-electron chi connectivity index (χ3n) is 2.26. The van der Waals surface area contributed by atoms with Crippen LogP contribution in [0.3, 0.4) is 0 Å². The first-order chi connectivity index (χ1) is 8.66. The maximum absolute atomic E-state index is 5.86. The smallest absolute Gasteiger partial charge is 0.184 e. The molecule has 0 aliphatic carbocycles. The predicted octanol–water partition coefficient (Wildman–Crippen LogP) is 2.30. The molecule has 0 amide bonds. The summed E-state index contributed by atoms with van der Waals surface area (Å²) in [4.78, 5) is 0. The molecule has 2 rings (SSSR count). The molecular formula is C12H11ClN4S. The van der Waals surface area contributed by atoms with Crippen LogP contribution in [0.15, 0.2) is 47.7 Å². The lowest BCUT2D eigenvalue weighted by atomic mass is 10.3. The summed E-state index contributed by atoms with van der Waals surface area (Å²) in [6.07, 6.45) is 3.58. The van der Waals surface area contributed by atoms with Gasteiger partial charge in [0, 0.05) is 16.9 Å². The van der Waals surface area contributed by atoms with Crippen LogP contribution < -0.4 is 11.2 Å². The highest BCUT2D eigenvalue weighted by atomic mass is 35.5. The van der Waals surface area contributed by atoms with Crippen molar-refractivity contribution in [2.24, 2.45) is 10.8 Å². The highest BCUT2D eigenvalue weighted by molar-refractivity contribution is 7.80. The summed E-state index contributed by atoms with van der Waals surface area (Å²) in [5, 5.41) is 4.77. The number of hydrogen-bond donors (Lipinski definition) is 2. The van der Waals surface area contributed by atoms with Crippen LogP contribution >= 0.6 is 23.8 Å². The first-order valence-corrected chi connectivity index (χ1v) is 5.97. The lowest BCUT2D eigenvalue weighted by molar-refractivity contribution is 1.02.